The number of rotatable bonds is 10. The molecule has 2 aliphatic heterocycles. The largest absolute Gasteiger partial charge is 0.485 e. The number of aryl methyl sites for hydroxylation is 1. The summed E-state index contributed by atoms with van der Waals surface area (Å²) in [5, 5.41) is 4.21. The standard InChI is InChI=1S/C40H48Cl3N5O6/c1-24-16-33(42)36(34(43)17-24)53-29-12-14-46(22-29)35-11-7-26(20-44-35)30-13-15-47(39(51)54-40(2,3)4)23-31(30)37(49)48(28-8-9-28)21-27-18-25(6-10-32(27)41)19-45-38(50)52-5/h6-7,10-11,16-18,20,28-31H,8-9,12-15,19,21-23H2,1-5H3,(H,45,50)/t29-,30-,31+/m0/s1. The van der Waals surface area contributed by atoms with Gasteiger partial charge in [0.25, 0.3) is 0 Å². The summed E-state index contributed by atoms with van der Waals surface area (Å²) in [6, 6.07) is 13.3. The van der Waals surface area contributed by atoms with Gasteiger partial charge in [0.15, 0.2) is 5.75 Å². The fourth-order valence-corrected chi connectivity index (χ4v) is 8.03. The summed E-state index contributed by atoms with van der Waals surface area (Å²) in [5.41, 5.74) is 2.85. The number of hydrogen-bond acceptors (Lipinski definition) is 8. The summed E-state index contributed by atoms with van der Waals surface area (Å²) in [6.45, 7) is 10.1. The summed E-state index contributed by atoms with van der Waals surface area (Å²) >= 11 is 19.6. The van der Waals surface area contributed by atoms with Crippen molar-refractivity contribution in [3.05, 3.63) is 86.0 Å². The van der Waals surface area contributed by atoms with E-state index in [0.717, 1.165) is 53.9 Å². The van der Waals surface area contributed by atoms with Crippen molar-refractivity contribution in [2.75, 3.05) is 38.2 Å². The van der Waals surface area contributed by atoms with Crippen LogP contribution in [0.15, 0.2) is 48.7 Å². The molecule has 0 spiro atoms. The third-order valence-electron chi connectivity index (χ3n) is 10.0. The zero-order valence-electron chi connectivity index (χ0n) is 31.4. The number of piperidine rings is 1. The lowest BCUT2D eigenvalue weighted by Gasteiger charge is -2.40. The fourth-order valence-electron chi connectivity index (χ4n) is 7.17. The summed E-state index contributed by atoms with van der Waals surface area (Å²) < 4.78 is 16.7. The summed E-state index contributed by atoms with van der Waals surface area (Å²) in [4.78, 5) is 50.4. The molecule has 3 aliphatic rings. The third kappa shape index (κ3) is 9.83. The minimum absolute atomic E-state index is 0.0399. The van der Waals surface area contributed by atoms with Crippen LogP contribution in [0.3, 0.4) is 0 Å². The molecule has 3 aromatic rings. The number of ether oxygens (including phenoxy) is 3. The molecule has 0 bridgehead atoms. The third-order valence-corrected chi connectivity index (χ3v) is 11.0. The Hall–Kier alpha value is -3.93. The van der Waals surface area contributed by atoms with E-state index in [0.29, 0.717) is 46.9 Å². The number of amides is 3. The molecule has 1 aliphatic carbocycles. The maximum absolute atomic E-state index is 14.8. The molecular formula is C40H48Cl3N5O6. The molecule has 1 aromatic heterocycles. The number of nitrogens with one attached hydrogen (secondary N) is 1. The van der Waals surface area contributed by atoms with Crippen LogP contribution < -0.4 is 15.0 Å². The number of pyridine rings is 1. The van der Waals surface area contributed by atoms with Crippen molar-refractivity contribution in [3.63, 3.8) is 0 Å². The molecule has 11 nitrogen and oxygen atoms in total. The molecule has 6 rings (SSSR count). The van der Waals surface area contributed by atoms with E-state index < -0.39 is 23.7 Å². The Morgan fingerprint density at radius 3 is 2.33 bits per heavy atom. The first-order valence-corrected chi connectivity index (χ1v) is 19.5. The predicted molar refractivity (Wildman–Crippen MR) is 210 cm³/mol. The van der Waals surface area contributed by atoms with Gasteiger partial charge in [-0.1, -0.05) is 53.0 Å². The van der Waals surface area contributed by atoms with Crippen molar-refractivity contribution in [3.8, 4) is 5.75 Å². The maximum Gasteiger partial charge on any atom is 0.410 e. The number of alkyl carbamates (subject to hydrolysis) is 1. The number of likely N-dealkylation sites (tertiary alicyclic amines) is 1. The number of carbonyl (C=O) groups is 3. The Bertz CT molecular complexity index is 1830. The van der Waals surface area contributed by atoms with Crippen LogP contribution in [0.5, 0.6) is 5.75 Å². The van der Waals surface area contributed by atoms with Crippen molar-refractivity contribution in [1.82, 2.24) is 20.1 Å². The van der Waals surface area contributed by atoms with Crippen molar-refractivity contribution < 1.29 is 28.6 Å². The zero-order chi connectivity index (χ0) is 38.7. The van der Waals surface area contributed by atoms with Crippen LogP contribution in [0.4, 0.5) is 15.4 Å². The Morgan fingerprint density at radius 2 is 1.69 bits per heavy atom. The van der Waals surface area contributed by atoms with Gasteiger partial charge in [-0.3, -0.25) is 4.79 Å². The van der Waals surface area contributed by atoms with E-state index >= 15 is 0 Å². The number of halogens is 3. The molecule has 1 N–H and O–H groups in total. The van der Waals surface area contributed by atoms with E-state index in [2.05, 4.69) is 16.3 Å². The van der Waals surface area contributed by atoms with Crippen molar-refractivity contribution in [2.45, 2.75) is 90.1 Å². The van der Waals surface area contributed by atoms with Gasteiger partial charge in [0, 0.05) is 62.3 Å². The number of carbonyl (C=O) groups excluding carboxylic acids is 3. The number of hydrogen-bond donors (Lipinski definition) is 1. The highest BCUT2D eigenvalue weighted by atomic mass is 35.5. The molecule has 14 heteroatoms. The molecule has 1 saturated carbocycles. The number of anilines is 1. The zero-order valence-corrected chi connectivity index (χ0v) is 33.6. The molecule has 0 unspecified atom stereocenters. The van der Waals surface area contributed by atoms with Crippen molar-refractivity contribution >= 4 is 58.7 Å². The van der Waals surface area contributed by atoms with E-state index in [-0.39, 0.29) is 37.1 Å². The van der Waals surface area contributed by atoms with Gasteiger partial charge in [-0.25, -0.2) is 14.6 Å². The van der Waals surface area contributed by atoms with Crippen LogP contribution in [0.25, 0.3) is 0 Å². The highest BCUT2D eigenvalue weighted by Crippen LogP contribution is 2.40. The number of methoxy groups -OCH3 is 1. The Labute approximate surface area is 332 Å². The molecule has 290 valence electrons. The molecular weight excluding hydrogens is 753 g/mol. The summed E-state index contributed by atoms with van der Waals surface area (Å²) in [6.07, 6.45) is 3.93. The van der Waals surface area contributed by atoms with Crippen LogP contribution in [0, 0.1) is 12.8 Å². The number of nitrogens with zero attached hydrogens (tertiary/aromatic N) is 4. The lowest BCUT2D eigenvalue weighted by Crippen LogP contribution is -2.51. The molecule has 2 saturated heterocycles. The van der Waals surface area contributed by atoms with Crippen LogP contribution in [-0.2, 0) is 27.4 Å². The second kappa shape index (κ2) is 16.8. The average Bonchev–Trinajstić information content (AvgIpc) is 3.87. The monoisotopic (exact) mass is 799 g/mol. The van der Waals surface area contributed by atoms with Gasteiger partial charge in [-0.2, -0.15) is 0 Å². The Morgan fingerprint density at radius 1 is 0.944 bits per heavy atom. The minimum atomic E-state index is -0.671. The van der Waals surface area contributed by atoms with Gasteiger partial charge in [-0.05, 0) is 93.5 Å². The van der Waals surface area contributed by atoms with Gasteiger partial charge < -0.3 is 34.2 Å². The summed E-state index contributed by atoms with van der Waals surface area (Å²) in [7, 11) is 1.31. The van der Waals surface area contributed by atoms with Crippen LogP contribution >= 0.6 is 34.8 Å². The van der Waals surface area contributed by atoms with Gasteiger partial charge in [0.1, 0.15) is 17.5 Å². The first kappa shape index (κ1) is 39.8. The lowest BCUT2D eigenvalue weighted by atomic mass is 9.80. The second-order valence-corrected chi connectivity index (χ2v) is 16.6. The van der Waals surface area contributed by atoms with Crippen molar-refractivity contribution in [1.29, 1.82) is 0 Å². The van der Waals surface area contributed by atoms with E-state index in [1.807, 2.05) is 69.1 Å². The first-order chi connectivity index (χ1) is 25.7. The normalized spacial score (nSPS) is 20.0. The number of benzene rings is 2. The Kier molecular flexibility index (Phi) is 12.4. The van der Waals surface area contributed by atoms with E-state index in [9.17, 15) is 14.4 Å². The van der Waals surface area contributed by atoms with Gasteiger partial charge in [0.05, 0.1) is 29.6 Å². The van der Waals surface area contributed by atoms with E-state index in [4.69, 9.17) is 54.0 Å². The fraction of sp³-hybridized carbons (Fsp3) is 0.500. The predicted octanol–water partition coefficient (Wildman–Crippen LogP) is 8.40. The minimum Gasteiger partial charge on any atom is -0.485 e. The van der Waals surface area contributed by atoms with Crippen LogP contribution in [-0.4, -0.2) is 83.9 Å². The van der Waals surface area contributed by atoms with Crippen molar-refractivity contribution in [2.24, 2.45) is 5.92 Å². The molecule has 0 radical (unpaired) electrons. The highest BCUT2D eigenvalue weighted by Gasteiger charge is 2.43. The number of aromatic nitrogens is 1. The average molecular weight is 801 g/mol. The second-order valence-electron chi connectivity index (χ2n) is 15.4. The van der Waals surface area contributed by atoms with Crippen LogP contribution in [0.2, 0.25) is 15.1 Å². The smallest absolute Gasteiger partial charge is 0.410 e. The molecule has 54 heavy (non-hydrogen) atoms. The lowest BCUT2D eigenvalue weighted by molar-refractivity contribution is -0.139. The topological polar surface area (TPSA) is 114 Å². The highest BCUT2D eigenvalue weighted by molar-refractivity contribution is 6.37. The van der Waals surface area contributed by atoms with E-state index in [1.54, 1.807) is 11.0 Å². The van der Waals surface area contributed by atoms with Gasteiger partial charge in [0.2, 0.25) is 5.91 Å². The molecule has 3 fully saturated rings. The summed E-state index contributed by atoms with van der Waals surface area (Å²) in [5.74, 6) is 0.567. The van der Waals surface area contributed by atoms with Gasteiger partial charge in [-0.15, -0.1) is 0 Å². The van der Waals surface area contributed by atoms with E-state index in [1.165, 1.54) is 7.11 Å². The SMILES string of the molecule is COC(=O)NCc1ccc(Cl)c(CN(C(=O)[C@@H]2CN(C(=O)OC(C)(C)C)CC[C@H]2c2ccc(N3CC[C@H](Oc4c(Cl)cc(C)cc4Cl)C3)nc2)C2CC2)c1. The molecule has 3 amide bonds. The first-order valence-electron chi connectivity index (χ1n) is 18.4. The molecule has 3 atom stereocenters. The maximum atomic E-state index is 14.8. The quantitative estimate of drug-likeness (QED) is 0.218. The van der Waals surface area contributed by atoms with Gasteiger partial charge >= 0.3 is 12.2 Å². The Balaban J connectivity index is 1.20. The van der Waals surface area contributed by atoms with Crippen LogP contribution in [0.1, 0.15) is 74.6 Å². The molecule has 2 aromatic carbocycles. The molecule has 3 heterocycles.